The molecule has 2 aromatic carbocycles. The Bertz CT molecular complexity index is 689. The van der Waals surface area contributed by atoms with Crippen molar-refractivity contribution in [2.45, 2.75) is 26.3 Å². The number of carbonyl (C=O) groups is 1. The SMILES string of the molecule is CCOC(=O)c1cccc(NC(=S)N[C@H](CC)c2ccccc2)c1. The summed E-state index contributed by atoms with van der Waals surface area (Å²) in [5.74, 6) is -0.337. The third kappa shape index (κ3) is 5.06. The van der Waals surface area contributed by atoms with Gasteiger partial charge in [0.25, 0.3) is 0 Å². The average Bonchev–Trinajstić information content (AvgIpc) is 2.61. The zero-order valence-electron chi connectivity index (χ0n) is 13.9. The highest BCUT2D eigenvalue weighted by Gasteiger charge is 2.11. The van der Waals surface area contributed by atoms with Crippen molar-refractivity contribution in [1.29, 1.82) is 0 Å². The summed E-state index contributed by atoms with van der Waals surface area (Å²) in [6.07, 6.45) is 0.911. The zero-order valence-corrected chi connectivity index (χ0v) is 14.7. The molecule has 0 spiro atoms. The Morgan fingerprint density at radius 2 is 1.88 bits per heavy atom. The summed E-state index contributed by atoms with van der Waals surface area (Å²) >= 11 is 5.40. The molecule has 2 rings (SSSR count). The topological polar surface area (TPSA) is 50.4 Å². The number of rotatable bonds is 6. The smallest absolute Gasteiger partial charge is 0.338 e. The Hall–Kier alpha value is -2.40. The number of ether oxygens (including phenoxy) is 1. The van der Waals surface area contributed by atoms with E-state index in [9.17, 15) is 4.79 Å². The molecule has 0 amide bonds. The van der Waals surface area contributed by atoms with Crippen molar-refractivity contribution < 1.29 is 9.53 Å². The number of hydrogen-bond donors (Lipinski definition) is 2. The van der Waals surface area contributed by atoms with Gasteiger partial charge in [-0.2, -0.15) is 0 Å². The van der Waals surface area contributed by atoms with Crippen molar-refractivity contribution in [3.8, 4) is 0 Å². The van der Waals surface area contributed by atoms with E-state index >= 15 is 0 Å². The van der Waals surface area contributed by atoms with Crippen molar-refractivity contribution in [2.24, 2.45) is 0 Å². The molecule has 0 radical (unpaired) electrons. The number of anilines is 1. The fraction of sp³-hybridized carbons (Fsp3) is 0.263. The first kappa shape index (κ1) is 17.9. The maximum Gasteiger partial charge on any atom is 0.338 e. The molecule has 2 aromatic rings. The molecule has 0 aliphatic heterocycles. The lowest BCUT2D eigenvalue weighted by Gasteiger charge is -2.20. The summed E-state index contributed by atoms with van der Waals surface area (Å²) < 4.78 is 5.01. The van der Waals surface area contributed by atoms with E-state index in [-0.39, 0.29) is 12.0 Å². The summed E-state index contributed by atoms with van der Waals surface area (Å²) in [6.45, 7) is 4.24. The van der Waals surface area contributed by atoms with Crippen LogP contribution in [0, 0.1) is 0 Å². The molecule has 126 valence electrons. The molecule has 24 heavy (non-hydrogen) atoms. The second kappa shape index (κ2) is 9.03. The Kier molecular flexibility index (Phi) is 6.75. The minimum Gasteiger partial charge on any atom is -0.462 e. The maximum atomic E-state index is 11.8. The van der Waals surface area contributed by atoms with Crippen LogP contribution in [0.3, 0.4) is 0 Å². The van der Waals surface area contributed by atoms with Gasteiger partial charge in [-0.25, -0.2) is 4.79 Å². The molecule has 0 aliphatic rings. The molecule has 0 fully saturated rings. The number of hydrogen-bond acceptors (Lipinski definition) is 3. The first-order valence-electron chi connectivity index (χ1n) is 8.03. The van der Waals surface area contributed by atoms with Crippen molar-refractivity contribution in [3.63, 3.8) is 0 Å². The molecule has 0 unspecified atom stereocenters. The van der Waals surface area contributed by atoms with E-state index < -0.39 is 0 Å². The number of carbonyl (C=O) groups excluding carboxylic acids is 1. The number of thiocarbonyl (C=S) groups is 1. The van der Waals surface area contributed by atoms with Gasteiger partial charge in [0.1, 0.15) is 0 Å². The highest BCUT2D eigenvalue weighted by atomic mass is 32.1. The van der Waals surface area contributed by atoms with Gasteiger partial charge >= 0.3 is 5.97 Å². The molecule has 5 heteroatoms. The zero-order chi connectivity index (χ0) is 17.4. The van der Waals surface area contributed by atoms with E-state index in [2.05, 4.69) is 29.7 Å². The van der Waals surface area contributed by atoms with Gasteiger partial charge in [0.05, 0.1) is 18.2 Å². The van der Waals surface area contributed by atoms with Crippen LogP contribution in [-0.2, 0) is 4.74 Å². The Morgan fingerprint density at radius 3 is 2.54 bits per heavy atom. The van der Waals surface area contributed by atoms with Crippen LogP contribution in [0.5, 0.6) is 0 Å². The lowest BCUT2D eigenvalue weighted by atomic mass is 10.1. The van der Waals surface area contributed by atoms with Crippen LogP contribution >= 0.6 is 12.2 Å². The third-order valence-corrected chi connectivity index (χ3v) is 3.77. The van der Waals surface area contributed by atoms with Gasteiger partial charge < -0.3 is 15.4 Å². The molecule has 0 bridgehead atoms. The van der Waals surface area contributed by atoms with Gasteiger partial charge in [0.2, 0.25) is 0 Å². The van der Waals surface area contributed by atoms with Crippen molar-refractivity contribution in [2.75, 3.05) is 11.9 Å². The second-order valence-electron chi connectivity index (χ2n) is 5.27. The summed E-state index contributed by atoms with van der Waals surface area (Å²) in [6, 6.07) is 17.4. The van der Waals surface area contributed by atoms with Crippen molar-refractivity contribution >= 4 is 29.0 Å². The van der Waals surface area contributed by atoms with Crippen LogP contribution in [0.25, 0.3) is 0 Å². The van der Waals surface area contributed by atoms with Gasteiger partial charge in [0.15, 0.2) is 5.11 Å². The third-order valence-electron chi connectivity index (χ3n) is 3.55. The molecular formula is C19H22N2O2S. The first-order valence-corrected chi connectivity index (χ1v) is 8.44. The summed E-state index contributed by atoms with van der Waals surface area (Å²) in [7, 11) is 0. The van der Waals surface area contributed by atoms with Crippen molar-refractivity contribution in [1.82, 2.24) is 5.32 Å². The highest BCUT2D eigenvalue weighted by Crippen LogP contribution is 2.17. The lowest BCUT2D eigenvalue weighted by Crippen LogP contribution is -2.32. The molecule has 2 N–H and O–H groups in total. The van der Waals surface area contributed by atoms with Gasteiger partial charge in [-0.15, -0.1) is 0 Å². The molecule has 0 aliphatic carbocycles. The van der Waals surface area contributed by atoms with E-state index in [4.69, 9.17) is 17.0 Å². The minimum atomic E-state index is -0.337. The summed E-state index contributed by atoms with van der Waals surface area (Å²) in [4.78, 5) is 11.8. The van der Waals surface area contributed by atoms with E-state index in [1.165, 1.54) is 5.56 Å². The van der Waals surface area contributed by atoms with Crippen LogP contribution in [-0.4, -0.2) is 17.7 Å². The minimum absolute atomic E-state index is 0.138. The molecule has 0 saturated heterocycles. The lowest BCUT2D eigenvalue weighted by molar-refractivity contribution is 0.0526. The summed E-state index contributed by atoms with van der Waals surface area (Å²) in [5, 5.41) is 6.96. The van der Waals surface area contributed by atoms with Gasteiger partial charge in [-0.05, 0) is 49.3 Å². The van der Waals surface area contributed by atoms with Crippen LogP contribution in [0.2, 0.25) is 0 Å². The largest absolute Gasteiger partial charge is 0.462 e. The Morgan fingerprint density at radius 1 is 1.12 bits per heavy atom. The van der Waals surface area contributed by atoms with Gasteiger partial charge in [-0.1, -0.05) is 43.3 Å². The molecule has 0 heterocycles. The van der Waals surface area contributed by atoms with Crippen LogP contribution in [0.15, 0.2) is 54.6 Å². The predicted molar refractivity (Wildman–Crippen MR) is 101 cm³/mol. The number of benzene rings is 2. The van der Waals surface area contributed by atoms with Crippen LogP contribution in [0.1, 0.15) is 42.2 Å². The Labute approximate surface area is 148 Å². The van der Waals surface area contributed by atoms with E-state index in [1.54, 1.807) is 25.1 Å². The predicted octanol–water partition coefficient (Wildman–Crippen LogP) is 4.30. The van der Waals surface area contributed by atoms with E-state index in [0.29, 0.717) is 17.3 Å². The molecule has 0 saturated carbocycles. The quantitative estimate of drug-likeness (QED) is 0.605. The molecule has 4 nitrogen and oxygen atoms in total. The second-order valence-corrected chi connectivity index (χ2v) is 5.68. The van der Waals surface area contributed by atoms with Gasteiger partial charge in [0, 0.05) is 5.69 Å². The fourth-order valence-corrected chi connectivity index (χ4v) is 2.63. The first-order chi connectivity index (χ1) is 11.6. The fourth-order valence-electron chi connectivity index (χ4n) is 2.37. The number of esters is 1. The van der Waals surface area contributed by atoms with E-state index in [0.717, 1.165) is 12.1 Å². The molecule has 0 aromatic heterocycles. The van der Waals surface area contributed by atoms with Crippen LogP contribution < -0.4 is 10.6 Å². The molecule has 1 atom stereocenters. The standard InChI is InChI=1S/C19H22N2O2S/c1-3-17(14-9-6-5-7-10-14)21-19(24)20-16-12-8-11-15(13-16)18(22)23-4-2/h5-13,17H,3-4H2,1-2H3,(H2,20,21,24)/t17-/m1/s1. The normalized spacial score (nSPS) is 11.4. The van der Waals surface area contributed by atoms with Gasteiger partial charge in [-0.3, -0.25) is 0 Å². The Balaban J connectivity index is 2.01. The monoisotopic (exact) mass is 342 g/mol. The summed E-state index contributed by atoms with van der Waals surface area (Å²) in [5.41, 5.74) is 2.44. The molecular weight excluding hydrogens is 320 g/mol. The van der Waals surface area contributed by atoms with E-state index in [1.807, 2.05) is 24.3 Å². The average molecular weight is 342 g/mol. The maximum absolute atomic E-state index is 11.8. The van der Waals surface area contributed by atoms with Crippen molar-refractivity contribution in [3.05, 3.63) is 65.7 Å². The van der Waals surface area contributed by atoms with Crippen LogP contribution in [0.4, 0.5) is 5.69 Å². The number of nitrogens with one attached hydrogen (secondary N) is 2. The highest BCUT2D eigenvalue weighted by molar-refractivity contribution is 7.80.